The largest absolute Gasteiger partial charge is 0.497 e. The molecule has 1 aromatic carbocycles. The lowest BCUT2D eigenvalue weighted by Crippen LogP contribution is -2.08. The number of ether oxygens (including phenoxy) is 3. The summed E-state index contributed by atoms with van der Waals surface area (Å²) in [4.78, 5) is 0. The van der Waals surface area contributed by atoms with Gasteiger partial charge in [0.1, 0.15) is 5.75 Å². The van der Waals surface area contributed by atoms with E-state index in [2.05, 4.69) is 0 Å². The van der Waals surface area contributed by atoms with Crippen molar-refractivity contribution in [3.63, 3.8) is 0 Å². The first-order valence-corrected chi connectivity index (χ1v) is 5.19. The van der Waals surface area contributed by atoms with Gasteiger partial charge in [0.15, 0.2) is 6.29 Å². The van der Waals surface area contributed by atoms with Crippen LogP contribution >= 0.6 is 0 Å². The number of benzene rings is 1. The van der Waals surface area contributed by atoms with Crippen LogP contribution in [0.3, 0.4) is 0 Å². The van der Waals surface area contributed by atoms with E-state index in [-0.39, 0.29) is 6.29 Å². The number of hydrogen-bond acceptors (Lipinski definition) is 3. The predicted molar refractivity (Wildman–Crippen MR) is 59.0 cm³/mol. The molecule has 0 aliphatic carbocycles. The molecular weight excluding hydrogens is 192 g/mol. The third kappa shape index (κ3) is 3.53. The molecule has 0 heterocycles. The molecule has 0 saturated carbocycles. The monoisotopic (exact) mass is 210 g/mol. The van der Waals surface area contributed by atoms with Gasteiger partial charge in [0, 0.05) is 18.8 Å². The highest BCUT2D eigenvalue weighted by molar-refractivity contribution is 5.27. The Balaban J connectivity index is 2.72. The molecule has 15 heavy (non-hydrogen) atoms. The van der Waals surface area contributed by atoms with E-state index in [0.717, 1.165) is 11.3 Å². The van der Waals surface area contributed by atoms with Crippen molar-refractivity contribution in [2.45, 2.75) is 20.1 Å². The second-order valence-electron chi connectivity index (χ2n) is 3.02. The summed E-state index contributed by atoms with van der Waals surface area (Å²) in [5.41, 5.74) is 1.01. The van der Waals surface area contributed by atoms with Gasteiger partial charge in [-0.1, -0.05) is 12.1 Å². The van der Waals surface area contributed by atoms with E-state index in [4.69, 9.17) is 14.2 Å². The van der Waals surface area contributed by atoms with E-state index in [1.165, 1.54) is 0 Å². The molecule has 0 aliphatic rings. The molecule has 0 saturated heterocycles. The topological polar surface area (TPSA) is 27.7 Å². The van der Waals surface area contributed by atoms with Gasteiger partial charge < -0.3 is 14.2 Å². The Labute approximate surface area is 91.0 Å². The maximum Gasteiger partial charge on any atom is 0.183 e. The predicted octanol–water partition coefficient (Wildman–Crippen LogP) is 2.77. The molecular formula is C12H18O3. The molecule has 0 radical (unpaired) electrons. The standard InChI is InChI=1S/C12H18O3/c1-4-14-12(15-5-2)10-6-8-11(13-3)9-7-10/h6-9,12H,4-5H2,1-3H3. The molecule has 1 aromatic rings. The Morgan fingerprint density at radius 2 is 1.53 bits per heavy atom. The minimum Gasteiger partial charge on any atom is -0.497 e. The molecule has 0 amide bonds. The summed E-state index contributed by atoms with van der Waals surface area (Å²) in [5, 5.41) is 0. The van der Waals surface area contributed by atoms with Crippen LogP contribution in [-0.2, 0) is 9.47 Å². The maximum atomic E-state index is 5.48. The molecule has 3 heteroatoms. The molecule has 3 nitrogen and oxygen atoms in total. The second-order valence-corrected chi connectivity index (χ2v) is 3.02. The van der Waals surface area contributed by atoms with Crippen molar-refractivity contribution < 1.29 is 14.2 Å². The Kier molecular flexibility index (Phi) is 5.15. The number of hydrogen-bond donors (Lipinski definition) is 0. The lowest BCUT2D eigenvalue weighted by Gasteiger charge is -2.17. The van der Waals surface area contributed by atoms with Crippen molar-refractivity contribution in [1.29, 1.82) is 0 Å². The average Bonchev–Trinajstić information content (AvgIpc) is 2.29. The molecule has 0 bridgehead atoms. The van der Waals surface area contributed by atoms with Gasteiger partial charge in [-0.2, -0.15) is 0 Å². The molecule has 0 aliphatic heterocycles. The summed E-state index contributed by atoms with van der Waals surface area (Å²) in [6, 6.07) is 7.71. The smallest absolute Gasteiger partial charge is 0.183 e. The van der Waals surface area contributed by atoms with Crippen molar-refractivity contribution in [3.05, 3.63) is 29.8 Å². The van der Waals surface area contributed by atoms with Crippen molar-refractivity contribution >= 4 is 0 Å². The summed E-state index contributed by atoms with van der Waals surface area (Å²) >= 11 is 0. The van der Waals surface area contributed by atoms with E-state index in [1.54, 1.807) is 7.11 Å². The van der Waals surface area contributed by atoms with Gasteiger partial charge in [0.25, 0.3) is 0 Å². The Morgan fingerprint density at radius 1 is 1.00 bits per heavy atom. The first-order valence-electron chi connectivity index (χ1n) is 5.19. The minimum absolute atomic E-state index is 0.272. The third-order valence-corrected chi connectivity index (χ3v) is 2.02. The van der Waals surface area contributed by atoms with E-state index in [1.807, 2.05) is 38.1 Å². The zero-order valence-electron chi connectivity index (χ0n) is 9.53. The van der Waals surface area contributed by atoms with Crippen molar-refractivity contribution in [1.82, 2.24) is 0 Å². The van der Waals surface area contributed by atoms with Crippen LogP contribution in [0.4, 0.5) is 0 Å². The van der Waals surface area contributed by atoms with Crippen LogP contribution in [0.1, 0.15) is 25.7 Å². The van der Waals surface area contributed by atoms with E-state index < -0.39 is 0 Å². The van der Waals surface area contributed by atoms with Gasteiger partial charge >= 0.3 is 0 Å². The van der Waals surface area contributed by atoms with Gasteiger partial charge in [-0.3, -0.25) is 0 Å². The summed E-state index contributed by atoms with van der Waals surface area (Å²) in [7, 11) is 1.65. The third-order valence-electron chi connectivity index (χ3n) is 2.02. The summed E-state index contributed by atoms with van der Waals surface area (Å²) in [6.45, 7) is 5.18. The quantitative estimate of drug-likeness (QED) is 0.676. The summed E-state index contributed by atoms with van der Waals surface area (Å²) in [6.07, 6.45) is -0.272. The fourth-order valence-corrected chi connectivity index (χ4v) is 1.30. The minimum atomic E-state index is -0.272. The number of methoxy groups -OCH3 is 1. The lowest BCUT2D eigenvalue weighted by molar-refractivity contribution is -0.140. The Bertz CT molecular complexity index is 263. The van der Waals surface area contributed by atoms with Crippen LogP contribution in [-0.4, -0.2) is 20.3 Å². The highest BCUT2D eigenvalue weighted by Gasteiger charge is 2.10. The van der Waals surface area contributed by atoms with E-state index in [9.17, 15) is 0 Å². The van der Waals surface area contributed by atoms with Gasteiger partial charge in [0.2, 0.25) is 0 Å². The van der Waals surface area contributed by atoms with Crippen molar-refractivity contribution in [2.75, 3.05) is 20.3 Å². The molecule has 0 N–H and O–H groups in total. The van der Waals surface area contributed by atoms with Crippen LogP contribution < -0.4 is 4.74 Å². The zero-order chi connectivity index (χ0) is 11.1. The van der Waals surface area contributed by atoms with Crippen LogP contribution in [0, 0.1) is 0 Å². The Hall–Kier alpha value is -1.06. The molecule has 0 aromatic heterocycles. The van der Waals surface area contributed by atoms with Crippen LogP contribution in [0.2, 0.25) is 0 Å². The van der Waals surface area contributed by atoms with E-state index >= 15 is 0 Å². The molecule has 84 valence electrons. The van der Waals surface area contributed by atoms with Gasteiger partial charge in [0.05, 0.1) is 7.11 Å². The fraction of sp³-hybridized carbons (Fsp3) is 0.500. The molecule has 0 spiro atoms. The average molecular weight is 210 g/mol. The normalized spacial score (nSPS) is 10.7. The van der Waals surface area contributed by atoms with Gasteiger partial charge in [-0.05, 0) is 26.0 Å². The van der Waals surface area contributed by atoms with Gasteiger partial charge in [-0.15, -0.1) is 0 Å². The van der Waals surface area contributed by atoms with E-state index in [0.29, 0.717) is 13.2 Å². The highest BCUT2D eigenvalue weighted by atomic mass is 16.7. The van der Waals surface area contributed by atoms with Crippen molar-refractivity contribution in [2.24, 2.45) is 0 Å². The molecule has 1 rings (SSSR count). The van der Waals surface area contributed by atoms with Crippen LogP contribution in [0.5, 0.6) is 5.75 Å². The lowest BCUT2D eigenvalue weighted by atomic mass is 10.2. The van der Waals surface area contributed by atoms with Crippen LogP contribution in [0.15, 0.2) is 24.3 Å². The molecule has 0 atom stereocenters. The summed E-state index contributed by atoms with van der Waals surface area (Å²) < 4.78 is 16.0. The SMILES string of the molecule is CCOC(OCC)c1ccc(OC)cc1. The van der Waals surface area contributed by atoms with Crippen LogP contribution in [0.25, 0.3) is 0 Å². The first kappa shape index (κ1) is 12.0. The Morgan fingerprint density at radius 3 is 1.93 bits per heavy atom. The first-order chi connectivity index (χ1) is 7.31. The molecule has 0 unspecified atom stereocenters. The number of rotatable bonds is 6. The second kappa shape index (κ2) is 6.43. The molecule has 0 fully saturated rings. The fourth-order valence-electron chi connectivity index (χ4n) is 1.30. The highest BCUT2D eigenvalue weighted by Crippen LogP contribution is 2.21. The van der Waals surface area contributed by atoms with Gasteiger partial charge in [-0.25, -0.2) is 0 Å². The zero-order valence-corrected chi connectivity index (χ0v) is 9.53. The summed E-state index contributed by atoms with van der Waals surface area (Å²) in [5.74, 6) is 0.838. The maximum absolute atomic E-state index is 5.48. The van der Waals surface area contributed by atoms with Crippen molar-refractivity contribution in [3.8, 4) is 5.75 Å².